The minimum Gasteiger partial charge on any atom is -0.353 e. The summed E-state index contributed by atoms with van der Waals surface area (Å²) in [7, 11) is -4.14. The first-order valence-electron chi connectivity index (χ1n) is 11.3. The van der Waals surface area contributed by atoms with Crippen molar-refractivity contribution in [2.45, 2.75) is 43.2 Å². The number of nitrogens with one attached hydrogen (secondary N) is 1. The fourth-order valence-electron chi connectivity index (χ4n) is 4.57. The van der Waals surface area contributed by atoms with Gasteiger partial charge in [-0.15, -0.1) is 0 Å². The average molecular weight is 478 g/mol. The van der Waals surface area contributed by atoms with E-state index >= 15 is 0 Å². The van der Waals surface area contributed by atoms with Crippen molar-refractivity contribution in [3.63, 3.8) is 0 Å². The lowest BCUT2D eigenvalue weighted by Gasteiger charge is -2.34. The maximum atomic E-state index is 14.0. The van der Waals surface area contributed by atoms with Gasteiger partial charge in [0, 0.05) is 44.7 Å². The number of sulfonamides is 1. The van der Waals surface area contributed by atoms with Gasteiger partial charge >= 0.3 is 0 Å². The summed E-state index contributed by atoms with van der Waals surface area (Å²) < 4.78 is 54.1. The van der Waals surface area contributed by atoms with Crippen LogP contribution in [-0.4, -0.2) is 55.8 Å². The zero-order valence-electron chi connectivity index (χ0n) is 18.4. The van der Waals surface area contributed by atoms with Crippen molar-refractivity contribution in [1.29, 1.82) is 0 Å². The second kappa shape index (κ2) is 10.3. The Kier molecular flexibility index (Phi) is 7.41. The molecule has 0 atom stereocenters. The molecule has 2 aliphatic heterocycles. The smallest absolute Gasteiger partial charge is 0.246 e. The number of amides is 1. The molecule has 2 saturated heterocycles. The number of carbonyl (C=O) groups excluding carboxylic acids is 1. The normalized spacial score (nSPS) is 19.5. The summed E-state index contributed by atoms with van der Waals surface area (Å²) in [6.45, 7) is 2.93. The maximum Gasteiger partial charge on any atom is 0.246 e. The van der Waals surface area contributed by atoms with Crippen molar-refractivity contribution < 1.29 is 22.0 Å². The third-order valence-corrected chi connectivity index (χ3v) is 8.43. The van der Waals surface area contributed by atoms with Crippen LogP contribution in [0.5, 0.6) is 0 Å². The van der Waals surface area contributed by atoms with Gasteiger partial charge in [-0.05, 0) is 49.4 Å². The van der Waals surface area contributed by atoms with E-state index in [0.29, 0.717) is 18.9 Å². The molecule has 2 heterocycles. The van der Waals surface area contributed by atoms with Gasteiger partial charge in [0.15, 0.2) is 0 Å². The van der Waals surface area contributed by atoms with E-state index in [0.717, 1.165) is 48.9 Å². The summed E-state index contributed by atoms with van der Waals surface area (Å²) in [6.07, 6.45) is 2.47. The molecular formula is C24H29F2N3O3S. The van der Waals surface area contributed by atoms with Crippen molar-refractivity contribution in [2.24, 2.45) is 5.92 Å². The van der Waals surface area contributed by atoms with Crippen LogP contribution in [0.2, 0.25) is 0 Å². The molecule has 2 aliphatic rings. The zero-order valence-corrected chi connectivity index (χ0v) is 19.2. The quantitative estimate of drug-likeness (QED) is 0.694. The Morgan fingerprint density at radius 2 is 1.61 bits per heavy atom. The number of piperidine rings is 2. The number of benzene rings is 2. The predicted octanol–water partition coefficient (Wildman–Crippen LogP) is 3.15. The first-order valence-corrected chi connectivity index (χ1v) is 12.8. The van der Waals surface area contributed by atoms with E-state index in [1.165, 1.54) is 5.56 Å². The number of likely N-dealkylation sites (tertiary alicyclic amines) is 1. The fourth-order valence-corrected chi connectivity index (χ4v) is 6.11. The monoisotopic (exact) mass is 477 g/mol. The molecule has 1 amide bonds. The topological polar surface area (TPSA) is 69.7 Å². The van der Waals surface area contributed by atoms with Crippen LogP contribution in [0, 0.1) is 17.6 Å². The van der Waals surface area contributed by atoms with Gasteiger partial charge in [0.25, 0.3) is 0 Å². The third kappa shape index (κ3) is 5.77. The van der Waals surface area contributed by atoms with Crippen LogP contribution in [0.15, 0.2) is 53.4 Å². The number of hydrogen-bond donors (Lipinski definition) is 1. The molecule has 0 bridgehead atoms. The van der Waals surface area contributed by atoms with Crippen LogP contribution in [0.4, 0.5) is 8.78 Å². The highest BCUT2D eigenvalue weighted by atomic mass is 32.2. The van der Waals surface area contributed by atoms with Gasteiger partial charge in [-0.1, -0.05) is 30.3 Å². The highest BCUT2D eigenvalue weighted by Gasteiger charge is 2.34. The van der Waals surface area contributed by atoms with Crippen molar-refractivity contribution in [3.8, 4) is 0 Å². The minimum atomic E-state index is -4.14. The molecule has 2 fully saturated rings. The summed E-state index contributed by atoms with van der Waals surface area (Å²) in [5.41, 5.74) is 1.28. The van der Waals surface area contributed by atoms with Gasteiger partial charge in [0.1, 0.15) is 16.5 Å². The Labute approximate surface area is 193 Å². The Bertz CT molecular complexity index is 1070. The molecule has 178 valence electrons. The summed E-state index contributed by atoms with van der Waals surface area (Å²) in [5, 5.41) is 3.13. The molecule has 0 spiro atoms. The Balaban J connectivity index is 1.25. The predicted molar refractivity (Wildman–Crippen MR) is 121 cm³/mol. The molecule has 9 heteroatoms. The maximum absolute atomic E-state index is 14.0. The lowest BCUT2D eigenvalue weighted by molar-refractivity contribution is -0.127. The summed E-state index contributed by atoms with van der Waals surface area (Å²) >= 11 is 0. The van der Waals surface area contributed by atoms with Crippen molar-refractivity contribution in [2.75, 3.05) is 26.2 Å². The Morgan fingerprint density at radius 3 is 2.27 bits per heavy atom. The van der Waals surface area contributed by atoms with Crippen LogP contribution in [0.1, 0.15) is 31.2 Å². The Morgan fingerprint density at radius 1 is 0.939 bits per heavy atom. The van der Waals surface area contributed by atoms with Gasteiger partial charge < -0.3 is 5.32 Å². The molecule has 0 unspecified atom stereocenters. The average Bonchev–Trinajstić information content (AvgIpc) is 2.82. The van der Waals surface area contributed by atoms with Crippen molar-refractivity contribution in [1.82, 2.24) is 14.5 Å². The molecule has 0 radical (unpaired) electrons. The fraction of sp³-hybridized carbons (Fsp3) is 0.458. The van der Waals surface area contributed by atoms with Crippen molar-refractivity contribution in [3.05, 3.63) is 65.7 Å². The summed E-state index contributed by atoms with van der Waals surface area (Å²) in [5.74, 6) is -2.12. The standard InChI is InChI=1S/C24H29F2N3O3S/c25-20-6-7-22(26)23(16-20)33(31,32)29-14-8-19(9-15-29)24(30)27-21-10-12-28(13-11-21)17-18-4-2-1-3-5-18/h1-7,16,19,21H,8-15,17H2,(H,27,30). The molecule has 2 aromatic rings. The molecule has 33 heavy (non-hydrogen) atoms. The van der Waals surface area contributed by atoms with Gasteiger partial charge in [-0.25, -0.2) is 17.2 Å². The van der Waals surface area contributed by atoms with Gasteiger partial charge in [-0.3, -0.25) is 9.69 Å². The van der Waals surface area contributed by atoms with Crippen LogP contribution in [0.25, 0.3) is 0 Å². The number of hydrogen-bond acceptors (Lipinski definition) is 4. The van der Waals surface area contributed by atoms with Crippen LogP contribution in [-0.2, 0) is 21.4 Å². The molecule has 0 aliphatic carbocycles. The van der Waals surface area contributed by atoms with Crippen LogP contribution in [0.3, 0.4) is 0 Å². The third-order valence-electron chi connectivity index (χ3n) is 6.52. The highest BCUT2D eigenvalue weighted by molar-refractivity contribution is 7.89. The van der Waals surface area contributed by atoms with Gasteiger partial charge in [0.05, 0.1) is 0 Å². The zero-order chi connectivity index (χ0) is 23.4. The van der Waals surface area contributed by atoms with E-state index in [-0.39, 0.29) is 31.0 Å². The van der Waals surface area contributed by atoms with E-state index in [9.17, 15) is 22.0 Å². The van der Waals surface area contributed by atoms with E-state index in [2.05, 4.69) is 22.3 Å². The first kappa shape index (κ1) is 23.8. The number of carbonyl (C=O) groups is 1. The largest absolute Gasteiger partial charge is 0.353 e. The van der Waals surface area contributed by atoms with E-state index in [1.807, 2.05) is 18.2 Å². The molecule has 4 rings (SSSR count). The van der Waals surface area contributed by atoms with E-state index in [4.69, 9.17) is 0 Å². The SMILES string of the molecule is O=C(NC1CCN(Cc2ccccc2)CC1)C1CCN(S(=O)(=O)c2cc(F)ccc2F)CC1. The highest BCUT2D eigenvalue weighted by Crippen LogP contribution is 2.26. The molecule has 0 aromatic heterocycles. The van der Waals surface area contributed by atoms with Crippen LogP contribution < -0.4 is 5.32 Å². The molecule has 2 aromatic carbocycles. The molecule has 0 saturated carbocycles. The summed E-state index contributed by atoms with van der Waals surface area (Å²) in [4.78, 5) is 14.5. The van der Waals surface area contributed by atoms with E-state index in [1.54, 1.807) is 0 Å². The number of halogens is 2. The molecule has 1 N–H and O–H groups in total. The second-order valence-electron chi connectivity index (χ2n) is 8.80. The minimum absolute atomic E-state index is 0.0505. The van der Waals surface area contributed by atoms with E-state index < -0.39 is 26.6 Å². The van der Waals surface area contributed by atoms with Gasteiger partial charge in [0.2, 0.25) is 15.9 Å². The number of nitrogens with zero attached hydrogens (tertiary/aromatic N) is 2. The molecule has 6 nitrogen and oxygen atoms in total. The lowest BCUT2D eigenvalue weighted by Crippen LogP contribution is -2.48. The Hall–Kier alpha value is -2.36. The van der Waals surface area contributed by atoms with Gasteiger partial charge in [-0.2, -0.15) is 4.31 Å². The summed E-state index contributed by atoms with van der Waals surface area (Å²) in [6, 6.07) is 12.8. The van der Waals surface area contributed by atoms with Crippen molar-refractivity contribution >= 4 is 15.9 Å². The number of rotatable bonds is 6. The first-order chi connectivity index (χ1) is 15.8. The molecular weight excluding hydrogens is 448 g/mol. The van der Waals surface area contributed by atoms with Crippen LogP contribution >= 0.6 is 0 Å². The second-order valence-corrected chi connectivity index (χ2v) is 10.7. The lowest BCUT2D eigenvalue weighted by atomic mass is 9.95.